The van der Waals surface area contributed by atoms with Crippen LogP contribution in [0.4, 0.5) is 0 Å². The zero-order valence-corrected chi connectivity index (χ0v) is 20.4. The number of allylic oxidation sites excluding steroid dienone is 1. The van der Waals surface area contributed by atoms with Gasteiger partial charge in [-0.05, 0) is 46.5 Å². The predicted octanol–water partition coefficient (Wildman–Crippen LogP) is 5.24. The lowest BCUT2D eigenvalue weighted by molar-refractivity contribution is -0.133. The summed E-state index contributed by atoms with van der Waals surface area (Å²) >= 11 is 3.50. The van der Waals surface area contributed by atoms with Gasteiger partial charge < -0.3 is 15.2 Å². The molecule has 0 saturated heterocycles. The number of hydrogen-bond donors (Lipinski definition) is 2. The number of aromatic nitrogens is 1. The number of rotatable bonds is 9. The van der Waals surface area contributed by atoms with Gasteiger partial charge in [0.15, 0.2) is 0 Å². The molecule has 1 aromatic heterocycles. The van der Waals surface area contributed by atoms with Crippen molar-refractivity contribution in [2.45, 2.75) is 45.6 Å². The number of aromatic amines is 1. The van der Waals surface area contributed by atoms with Crippen molar-refractivity contribution >= 4 is 38.6 Å². The summed E-state index contributed by atoms with van der Waals surface area (Å²) in [6, 6.07) is 17.0. The fourth-order valence-corrected chi connectivity index (χ4v) is 4.16. The minimum atomic E-state index is -0.664. The third-order valence-corrected chi connectivity index (χ3v) is 6.39. The average Bonchev–Trinajstić information content (AvgIpc) is 3.11. The fourth-order valence-electron chi connectivity index (χ4n) is 3.76. The number of para-hydroxylation sites is 1. The number of amides is 2. The van der Waals surface area contributed by atoms with Crippen LogP contribution in [0, 0.1) is 6.92 Å². The zero-order chi connectivity index (χ0) is 23.1. The monoisotopic (exact) mass is 495 g/mol. The van der Waals surface area contributed by atoms with Gasteiger partial charge in [-0.15, -0.1) is 0 Å². The van der Waals surface area contributed by atoms with E-state index in [1.807, 2.05) is 67.6 Å². The molecule has 168 valence electrons. The van der Waals surface area contributed by atoms with E-state index in [4.69, 9.17) is 0 Å². The van der Waals surface area contributed by atoms with Gasteiger partial charge in [0.1, 0.15) is 6.04 Å². The summed E-state index contributed by atoms with van der Waals surface area (Å²) in [5.41, 5.74) is 3.93. The van der Waals surface area contributed by atoms with Crippen molar-refractivity contribution in [1.82, 2.24) is 15.2 Å². The Balaban J connectivity index is 1.80. The first kappa shape index (κ1) is 23.8. The Morgan fingerprint density at radius 1 is 1.12 bits per heavy atom. The fraction of sp³-hybridized carbons (Fsp3) is 0.308. The molecule has 1 heterocycles. The van der Waals surface area contributed by atoms with Gasteiger partial charge in [-0.25, -0.2) is 0 Å². The van der Waals surface area contributed by atoms with E-state index in [1.54, 1.807) is 11.9 Å². The van der Waals surface area contributed by atoms with Crippen molar-refractivity contribution in [3.63, 3.8) is 0 Å². The predicted molar refractivity (Wildman–Crippen MR) is 134 cm³/mol. The second kappa shape index (κ2) is 11.1. The molecule has 0 aliphatic rings. The molecule has 3 rings (SSSR count). The van der Waals surface area contributed by atoms with Gasteiger partial charge in [-0.3, -0.25) is 9.59 Å². The van der Waals surface area contributed by atoms with Crippen molar-refractivity contribution in [3.8, 4) is 0 Å². The topological polar surface area (TPSA) is 65.2 Å². The minimum absolute atomic E-state index is 0.155. The van der Waals surface area contributed by atoms with Crippen molar-refractivity contribution in [1.29, 1.82) is 0 Å². The van der Waals surface area contributed by atoms with Crippen LogP contribution >= 0.6 is 15.9 Å². The second-order valence-electron chi connectivity index (χ2n) is 7.97. The summed E-state index contributed by atoms with van der Waals surface area (Å²) in [5, 5.41) is 4.03. The van der Waals surface area contributed by atoms with E-state index in [1.165, 1.54) is 0 Å². The van der Waals surface area contributed by atoms with Crippen molar-refractivity contribution < 1.29 is 9.59 Å². The minimum Gasteiger partial charge on any atom is -0.358 e. The maximum Gasteiger partial charge on any atom is 0.250 e. The summed E-state index contributed by atoms with van der Waals surface area (Å²) in [4.78, 5) is 31.3. The zero-order valence-electron chi connectivity index (χ0n) is 18.8. The number of hydrogen-bond acceptors (Lipinski definition) is 2. The van der Waals surface area contributed by atoms with Crippen molar-refractivity contribution in [3.05, 3.63) is 82.1 Å². The molecular weight excluding hydrogens is 466 g/mol. The van der Waals surface area contributed by atoms with Crippen LogP contribution < -0.4 is 5.32 Å². The maximum atomic E-state index is 13.3. The maximum absolute atomic E-state index is 13.3. The number of carbonyl (C=O) groups is 2. The number of fused-ring (bicyclic) bond motifs is 1. The van der Waals surface area contributed by atoms with Crippen molar-refractivity contribution in [2.24, 2.45) is 0 Å². The van der Waals surface area contributed by atoms with Crippen LogP contribution in [0.25, 0.3) is 10.9 Å². The molecule has 0 fully saturated rings. The highest BCUT2D eigenvalue weighted by atomic mass is 79.9. The first-order chi connectivity index (χ1) is 15.4. The highest BCUT2D eigenvalue weighted by Gasteiger charge is 2.26. The lowest BCUT2D eigenvalue weighted by Crippen LogP contribution is -2.48. The Morgan fingerprint density at radius 2 is 1.81 bits per heavy atom. The van der Waals surface area contributed by atoms with E-state index in [2.05, 4.69) is 33.2 Å². The first-order valence-electron chi connectivity index (χ1n) is 10.9. The van der Waals surface area contributed by atoms with Gasteiger partial charge in [0.25, 0.3) is 0 Å². The third kappa shape index (κ3) is 5.88. The Hall–Kier alpha value is -2.86. The molecule has 0 spiro atoms. The summed E-state index contributed by atoms with van der Waals surface area (Å²) in [6.07, 6.45) is 4.48. The Labute approximate surface area is 198 Å². The molecule has 0 bridgehead atoms. The van der Waals surface area contributed by atoms with Crippen LogP contribution in [0.3, 0.4) is 0 Å². The number of H-pyrrole nitrogens is 1. The van der Waals surface area contributed by atoms with Gasteiger partial charge in [0.05, 0.1) is 11.0 Å². The molecule has 1 atom stereocenters. The Bertz CT molecular complexity index is 1100. The largest absolute Gasteiger partial charge is 0.358 e. The van der Waals surface area contributed by atoms with Gasteiger partial charge >= 0.3 is 0 Å². The van der Waals surface area contributed by atoms with Gasteiger partial charge in [-0.2, -0.15) is 0 Å². The molecule has 0 unspecified atom stereocenters. The molecule has 2 N–H and O–H groups in total. The smallest absolute Gasteiger partial charge is 0.250 e. The molecule has 2 amide bonds. The molecule has 0 radical (unpaired) electrons. The molecule has 3 aromatic rings. The highest BCUT2D eigenvalue weighted by Crippen LogP contribution is 2.22. The van der Waals surface area contributed by atoms with E-state index in [0.29, 0.717) is 11.0 Å². The number of halogens is 1. The lowest BCUT2D eigenvalue weighted by Gasteiger charge is -2.25. The standard InChI is InChI=1S/C26H30BrN3O2/c1-4-5-15-24(27)30(3)26(32)23(16-19-11-7-6-8-12-19)29-25(31)17-21-18(2)28-22-14-10-9-13-20(21)22/h6-15,23,28H,4-5,16-17H2,1-3H3,(H,29,31)/b24-15+/t23-/m0/s1. The molecule has 0 aliphatic heterocycles. The highest BCUT2D eigenvalue weighted by molar-refractivity contribution is 9.11. The normalized spacial score (nSPS) is 12.6. The van der Waals surface area contributed by atoms with Crippen LogP contribution in [0.15, 0.2) is 65.3 Å². The molecule has 0 aliphatic carbocycles. The van der Waals surface area contributed by atoms with E-state index < -0.39 is 6.04 Å². The van der Waals surface area contributed by atoms with Gasteiger partial charge in [0, 0.05) is 30.1 Å². The summed E-state index contributed by atoms with van der Waals surface area (Å²) in [7, 11) is 1.73. The number of nitrogens with zero attached hydrogens (tertiary/aromatic N) is 1. The second-order valence-corrected chi connectivity index (χ2v) is 8.79. The van der Waals surface area contributed by atoms with Gasteiger partial charge in [0.2, 0.25) is 11.8 Å². The molecule has 0 saturated carbocycles. The van der Waals surface area contributed by atoms with Crippen LogP contribution in [0.1, 0.15) is 36.6 Å². The van der Waals surface area contributed by atoms with Crippen molar-refractivity contribution in [2.75, 3.05) is 7.05 Å². The van der Waals surface area contributed by atoms with E-state index >= 15 is 0 Å². The van der Waals surface area contributed by atoms with Crippen LogP contribution in [-0.2, 0) is 22.4 Å². The quantitative estimate of drug-likeness (QED) is 0.398. The Morgan fingerprint density at radius 3 is 2.53 bits per heavy atom. The number of likely N-dealkylation sites (N-methyl/N-ethyl adjacent to an activating group) is 1. The lowest BCUT2D eigenvalue weighted by atomic mass is 10.0. The molecular formula is C26H30BrN3O2. The van der Waals surface area contributed by atoms with E-state index in [-0.39, 0.29) is 18.2 Å². The number of aryl methyl sites for hydroxylation is 1. The summed E-state index contributed by atoms with van der Waals surface area (Å²) in [5.74, 6) is -0.328. The first-order valence-corrected chi connectivity index (χ1v) is 11.7. The number of unbranched alkanes of at least 4 members (excludes halogenated alkanes) is 1. The average molecular weight is 496 g/mol. The summed E-state index contributed by atoms with van der Waals surface area (Å²) < 4.78 is 0.712. The van der Waals surface area contributed by atoms with Crippen LogP contribution in [0.5, 0.6) is 0 Å². The SMILES string of the molecule is CCC/C=C(\Br)N(C)C(=O)[C@H](Cc1ccccc1)NC(=O)Cc1c(C)[nH]c2ccccc12. The molecule has 32 heavy (non-hydrogen) atoms. The number of benzene rings is 2. The van der Waals surface area contributed by atoms with E-state index in [0.717, 1.165) is 40.6 Å². The van der Waals surface area contributed by atoms with Gasteiger partial charge in [-0.1, -0.05) is 68.0 Å². The number of carbonyl (C=O) groups excluding carboxylic acids is 2. The third-order valence-electron chi connectivity index (χ3n) is 5.53. The van der Waals surface area contributed by atoms with E-state index in [9.17, 15) is 9.59 Å². The molecule has 5 nitrogen and oxygen atoms in total. The Kier molecular flexibility index (Phi) is 8.28. The molecule has 2 aromatic carbocycles. The van der Waals surface area contributed by atoms with Crippen LogP contribution in [-0.4, -0.2) is 34.8 Å². The summed E-state index contributed by atoms with van der Waals surface area (Å²) in [6.45, 7) is 4.06. The van der Waals surface area contributed by atoms with Crippen LogP contribution in [0.2, 0.25) is 0 Å². The molecule has 6 heteroatoms. The number of nitrogens with one attached hydrogen (secondary N) is 2.